The van der Waals surface area contributed by atoms with Crippen molar-refractivity contribution in [3.8, 4) is 17.1 Å². The molecule has 1 aliphatic carbocycles. The van der Waals surface area contributed by atoms with Crippen LogP contribution in [-0.2, 0) is 27.8 Å². The second-order valence-electron chi connectivity index (χ2n) is 9.39. The molecule has 37 heavy (non-hydrogen) atoms. The van der Waals surface area contributed by atoms with Gasteiger partial charge in [0, 0.05) is 12.1 Å². The minimum atomic E-state index is -3.79. The van der Waals surface area contributed by atoms with Gasteiger partial charge in [-0.05, 0) is 48.6 Å². The van der Waals surface area contributed by atoms with Gasteiger partial charge in [0.15, 0.2) is 11.6 Å². The topological polar surface area (TPSA) is 130 Å². The first-order valence-corrected chi connectivity index (χ1v) is 13.4. The van der Waals surface area contributed by atoms with E-state index in [4.69, 9.17) is 4.74 Å². The summed E-state index contributed by atoms with van der Waals surface area (Å²) in [7, 11) is -2.26. The van der Waals surface area contributed by atoms with Crippen LogP contribution in [-0.4, -0.2) is 64.4 Å². The Bertz CT molecular complexity index is 1370. The number of hydrogen-bond acceptors (Lipinski definition) is 7. The second kappa shape index (κ2) is 10.5. The lowest BCUT2D eigenvalue weighted by molar-refractivity contribution is -0.149. The molecule has 1 heterocycles. The number of carboxylic acids is 1. The number of rotatable bonds is 9. The van der Waals surface area contributed by atoms with Crippen molar-refractivity contribution in [1.29, 1.82) is 0 Å². The molecule has 0 unspecified atom stereocenters. The molecular weight excluding hydrogens is 501 g/mol. The third-order valence-corrected chi connectivity index (χ3v) is 7.99. The van der Waals surface area contributed by atoms with Crippen molar-refractivity contribution < 1.29 is 32.6 Å². The molecule has 9 nitrogen and oxygen atoms in total. The molecule has 0 aliphatic heterocycles. The third-order valence-electron chi connectivity index (χ3n) is 6.74. The van der Waals surface area contributed by atoms with Crippen LogP contribution >= 0.6 is 0 Å². The Morgan fingerprint density at radius 3 is 2.41 bits per heavy atom. The predicted octanol–water partition coefficient (Wildman–Crippen LogP) is 2.89. The van der Waals surface area contributed by atoms with Crippen molar-refractivity contribution in [2.75, 3.05) is 13.4 Å². The second-order valence-corrected chi connectivity index (χ2v) is 11.3. The Hall–Kier alpha value is -3.41. The summed E-state index contributed by atoms with van der Waals surface area (Å²) < 4.78 is 45.1. The standard InChI is InChI=1S/C26H28FN3O6S/c1-36-21-8-6-17(7-9-21)16-30(37(2,34)35)22-12-26(25(32)33,13-23(22)31)11-18-4-3-5-19(10-18)24-28-14-20(27)15-29-24/h3-10,14-15,22-23,31H,11-13,16H2,1-2H3,(H,32,33)/t22-,23+,26-/m1/s1. The Kier molecular flexibility index (Phi) is 7.58. The molecule has 0 saturated heterocycles. The Morgan fingerprint density at radius 1 is 1.14 bits per heavy atom. The normalized spacial score (nSPS) is 21.8. The van der Waals surface area contributed by atoms with Gasteiger partial charge in [0.25, 0.3) is 0 Å². The number of methoxy groups -OCH3 is 1. The van der Waals surface area contributed by atoms with E-state index in [0.717, 1.165) is 18.6 Å². The molecule has 0 radical (unpaired) electrons. The number of carboxylic acid groups (broad SMARTS) is 1. The summed E-state index contributed by atoms with van der Waals surface area (Å²) in [6, 6.07) is 12.9. The van der Waals surface area contributed by atoms with Gasteiger partial charge in [-0.3, -0.25) is 4.79 Å². The maximum absolute atomic E-state index is 13.2. The van der Waals surface area contributed by atoms with Gasteiger partial charge in [-0.1, -0.05) is 30.3 Å². The van der Waals surface area contributed by atoms with E-state index in [1.165, 1.54) is 11.4 Å². The number of nitrogens with zero attached hydrogens (tertiary/aromatic N) is 3. The number of carbonyl (C=O) groups is 1. The van der Waals surface area contributed by atoms with Crippen molar-refractivity contribution in [1.82, 2.24) is 14.3 Å². The summed E-state index contributed by atoms with van der Waals surface area (Å²) >= 11 is 0. The molecule has 0 amide bonds. The Morgan fingerprint density at radius 2 is 1.81 bits per heavy atom. The zero-order chi connectivity index (χ0) is 26.8. The molecule has 1 aliphatic rings. The van der Waals surface area contributed by atoms with Gasteiger partial charge < -0.3 is 14.9 Å². The highest BCUT2D eigenvalue weighted by Gasteiger charge is 2.53. The highest BCUT2D eigenvalue weighted by atomic mass is 32.2. The summed E-state index contributed by atoms with van der Waals surface area (Å²) in [4.78, 5) is 20.5. The average Bonchev–Trinajstić information content (AvgIpc) is 3.19. The Labute approximate surface area is 214 Å². The summed E-state index contributed by atoms with van der Waals surface area (Å²) in [5.74, 6) is -0.774. The first-order valence-electron chi connectivity index (χ1n) is 11.6. The number of aliphatic carboxylic acids is 1. The first-order chi connectivity index (χ1) is 17.5. The van der Waals surface area contributed by atoms with E-state index in [0.29, 0.717) is 28.3 Å². The van der Waals surface area contributed by atoms with Gasteiger partial charge in [0.2, 0.25) is 10.0 Å². The lowest BCUT2D eigenvalue weighted by atomic mass is 9.79. The molecule has 1 saturated carbocycles. The molecule has 1 fully saturated rings. The number of aliphatic hydroxyl groups excluding tert-OH is 1. The number of aliphatic hydroxyl groups is 1. The molecule has 0 spiro atoms. The molecule has 1 aromatic heterocycles. The van der Waals surface area contributed by atoms with Crippen molar-refractivity contribution in [2.24, 2.45) is 5.41 Å². The van der Waals surface area contributed by atoms with Gasteiger partial charge in [-0.15, -0.1) is 0 Å². The van der Waals surface area contributed by atoms with E-state index >= 15 is 0 Å². The average molecular weight is 530 g/mol. The smallest absolute Gasteiger partial charge is 0.310 e. The lowest BCUT2D eigenvalue weighted by Crippen LogP contribution is -2.43. The third kappa shape index (κ3) is 5.95. The van der Waals surface area contributed by atoms with E-state index in [9.17, 15) is 27.8 Å². The molecule has 196 valence electrons. The summed E-state index contributed by atoms with van der Waals surface area (Å²) in [6.45, 7) is -0.0162. The molecule has 3 atom stereocenters. The van der Waals surface area contributed by atoms with Crippen LogP contribution in [0.2, 0.25) is 0 Å². The minimum Gasteiger partial charge on any atom is -0.497 e. The van der Waals surface area contributed by atoms with Crippen LogP contribution in [0.4, 0.5) is 4.39 Å². The van der Waals surface area contributed by atoms with E-state index < -0.39 is 39.4 Å². The van der Waals surface area contributed by atoms with Crippen LogP contribution in [0.25, 0.3) is 11.4 Å². The van der Waals surface area contributed by atoms with Crippen LogP contribution in [0.15, 0.2) is 60.9 Å². The van der Waals surface area contributed by atoms with Gasteiger partial charge in [0.1, 0.15) is 5.75 Å². The number of aromatic nitrogens is 2. The number of hydrogen-bond donors (Lipinski definition) is 2. The summed E-state index contributed by atoms with van der Waals surface area (Å²) in [5.41, 5.74) is 0.528. The van der Waals surface area contributed by atoms with Gasteiger partial charge in [-0.2, -0.15) is 4.31 Å². The fraction of sp³-hybridized carbons (Fsp3) is 0.346. The molecule has 2 N–H and O–H groups in total. The van der Waals surface area contributed by atoms with Crippen LogP contribution in [0.5, 0.6) is 5.75 Å². The summed E-state index contributed by atoms with van der Waals surface area (Å²) in [6.07, 6.45) is 1.86. The Balaban J connectivity index is 1.61. The minimum absolute atomic E-state index is 0.0162. The van der Waals surface area contributed by atoms with Crippen LogP contribution < -0.4 is 4.74 Å². The molecule has 3 aromatic rings. The van der Waals surface area contributed by atoms with E-state index in [-0.39, 0.29) is 25.8 Å². The monoisotopic (exact) mass is 529 g/mol. The van der Waals surface area contributed by atoms with Crippen molar-refractivity contribution in [3.63, 3.8) is 0 Å². The van der Waals surface area contributed by atoms with Gasteiger partial charge in [0.05, 0.1) is 43.3 Å². The SMILES string of the molecule is COc1ccc(CN([C@@H]2C[C@@](Cc3cccc(-c4ncc(F)cn4)c3)(C(=O)O)C[C@@H]2O)S(C)(=O)=O)cc1. The summed E-state index contributed by atoms with van der Waals surface area (Å²) in [5, 5.41) is 21.2. The molecule has 0 bridgehead atoms. The molecule has 4 rings (SSSR count). The van der Waals surface area contributed by atoms with E-state index in [1.807, 2.05) is 0 Å². The fourth-order valence-electron chi connectivity index (χ4n) is 4.91. The number of ether oxygens (including phenoxy) is 1. The van der Waals surface area contributed by atoms with Crippen molar-refractivity contribution in [3.05, 3.63) is 77.9 Å². The van der Waals surface area contributed by atoms with Crippen molar-refractivity contribution >= 4 is 16.0 Å². The van der Waals surface area contributed by atoms with Crippen LogP contribution in [0.3, 0.4) is 0 Å². The van der Waals surface area contributed by atoms with Crippen molar-refractivity contribution in [2.45, 2.75) is 38.0 Å². The first kappa shape index (κ1) is 26.6. The van der Waals surface area contributed by atoms with E-state index in [1.54, 1.807) is 48.5 Å². The van der Waals surface area contributed by atoms with Crippen LogP contribution in [0, 0.1) is 11.2 Å². The van der Waals surface area contributed by atoms with Gasteiger partial charge >= 0.3 is 5.97 Å². The molecular formula is C26H28FN3O6S. The van der Waals surface area contributed by atoms with Crippen LogP contribution in [0.1, 0.15) is 24.0 Å². The highest BCUT2D eigenvalue weighted by Crippen LogP contribution is 2.44. The maximum atomic E-state index is 13.2. The predicted molar refractivity (Wildman–Crippen MR) is 134 cm³/mol. The quantitative estimate of drug-likeness (QED) is 0.433. The molecule has 2 aromatic carbocycles. The zero-order valence-corrected chi connectivity index (χ0v) is 21.2. The lowest BCUT2D eigenvalue weighted by Gasteiger charge is -2.30. The zero-order valence-electron chi connectivity index (χ0n) is 20.4. The highest BCUT2D eigenvalue weighted by molar-refractivity contribution is 7.88. The fourth-order valence-corrected chi connectivity index (χ4v) is 6.00. The maximum Gasteiger partial charge on any atom is 0.310 e. The number of sulfonamides is 1. The number of benzene rings is 2. The van der Waals surface area contributed by atoms with Gasteiger partial charge in [-0.25, -0.2) is 22.8 Å². The van der Waals surface area contributed by atoms with E-state index in [2.05, 4.69) is 9.97 Å². The largest absolute Gasteiger partial charge is 0.497 e. The molecule has 11 heteroatoms. The number of halogens is 1.